The van der Waals surface area contributed by atoms with E-state index in [9.17, 15) is 4.79 Å². The predicted octanol–water partition coefficient (Wildman–Crippen LogP) is 0.619. The lowest BCUT2D eigenvalue weighted by atomic mass is 9.77. The Morgan fingerprint density at radius 1 is 1.53 bits per heavy atom. The molecule has 0 radical (unpaired) electrons. The lowest BCUT2D eigenvalue weighted by Crippen LogP contribution is -2.36. The van der Waals surface area contributed by atoms with Crippen molar-refractivity contribution in [1.82, 2.24) is 5.32 Å². The Kier molecular flexibility index (Phi) is 2.69. The van der Waals surface area contributed by atoms with Gasteiger partial charge in [-0.1, -0.05) is 12.1 Å². The molecule has 1 aliphatic heterocycles. The third-order valence-corrected chi connectivity index (χ3v) is 3.94. The molecule has 0 saturated heterocycles. The summed E-state index contributed by atoms with van der Waals surface area (Å²) in [5.41, 5.74) is 8.48. The Morgan fingerprint density at radius 2 is 2.37 bits per heavy atom. The van der Waals surface area contributed by atoms with Gasteiger partial charge in [0, 0.05) is 19.0 Å². The first-order valence-electron chi connectivity index (χ1n) is 6.44. The van der Waals surface area contributed by atoms with Crippen molar-refractivity contribution in [2.24, 2.45) is 10.7 Å². The highest BCUT2D eigenvalue weighted by Crippen LogP contribution is 2.35. The van der Waals surface area contributed by atoms with E-state index in [2.05, 4.69) is 16.4 Å². The molecular formula is C14H17N3O2. The smallest absolute Gasteiger partial charge is 0.282 e. The number of aliphatic imine (C=N–C) groups is 1. The van der Waals surface area contributed by atoms with Crippen LogP contribution in [-0.4, -0.2) is 31.1 Å². The summed E-state index contributed by atoms with van der Waals surface area (Å²) in [6.45, 7) is 0.544. The van der Waals surface area contributed by atoms with Crippen molar-refractivity contribution in [3.05, 3.63) is 34.9 Å². The first-order valence-corrected chi connectivity index (χ1v) is 6.44. The zero-order valence-electron chi connectivity index (χ0n) is 10.9. The van der Waals surface area contributed by atoms with E-state index in [0.29, 0.717) is 6.61 Å². The van der Waals surface area contributed by atoms with Gasteiger partial charge in [-0.05, 0) is 30.0 Å². The number of fused-ring (bicyclic) bond motifs is 1. The van der Waals surface area contributed by atoms with E-state index < -0.39 is 0 Å². The van der Waals surface area contributed by atoms with E-state index >= 15 is 0 Å². The molecule has 1 aliphatic carbocycles. The second-order valence-electron chi connectivity index (χ2n) is 5.16. The van der Waals surface area contributed by atoms with Gasteiger partial charge in [-0.15, -0.1) is 0 Å². The molecule has 1 aromatic rings. The fourth-order valence-electron chi connectivity index (χ4n) is 2.97. The van der Waals surface area contributed by atoms with Crippen molar-refractivity contribution >= 4 is 11.9 Å². The van der Waals surface area contributed by atoms with Crippen LogP contribution in [0.25, 0.3) is 0 Å². The summed E-state index contributed by atoms with van der Waals surface area (Å²) in [7, 11) is 1.65. The van der Waals surface area contributed by atoms with Gasteiger partial charge in [0.25, 0.3) is 11.9 Å². The van der Waals surface area contributed by atoms with E-state index in [1.165, 1.54) is 5.56 Å². The van der Waals surface area contributed by atoms with Crippen molar-refractivity contribution in [2.75, 3.05) is 13.7 Å². The van der Waals surface area contributed by atoms with Crippen LogP contribution in [0.3, 0.4) is 0 Å². The van der Waals surface area contributed by atoms with Crippen LogP contribution >= 0.6 is 0 Å². The van der Waals surface area contributed by atoms with Gasteiger partial charge >= 0.3 is 0 Å². The lowest BCUT2D eigenvalue weighted by molar-refractivity contribution is 0.0961. The number of ether oxygens (including phenoxy) is 1. The number of nitrogens with zero attached hydrogens (tertiary/aromatic N) is 1. The normalized spacial score (nSPS) is 24.6. The predicted molar refractivity (Wildman–Crippen MR) is 72.2 cm³/mol. The fraction of sp³-hybridized carbons (Fsp3) is 0.429. The monoisotopic (exact) mass is 259 g/mol. The third kappa shape index (κ3) is 1.95. The third-order valence-electron chi connectivity index (χ3n) is 3.94. The minimum atomic E-state index is -0.224. The molecule has 1 spiro atoms. The number of carbonyl (C=O) groups excluding carboxylic acids is 1. The summed E-state index contributed by atoms with van der Waals surface area (Å²) in [5, 5.41) is 2.69. The average molecular weight is 259 g/mol. The van der Waals surface area contributed by atoms with Crippen LogP contribution in [0, 0.1) is 0 Å². The van der Waals surface area contributed by atoms with Gasteiger partial charge in [0.1, 0.15) is 12.1 Å². The van der Waals surface area contributed by atoms with Crippen molar-refractivity contribution in [3.63, 3.8) is 0 Å². The quantitative estimate of drug-likeness (QED) is 0.776. The van der Waals surface area contributed by atoms with E-state index in [-0.39, 0.29) is 17.5 Å². The van der Waals surface area contributed by atoms with Gasteiger partial charge < -0.3 is 15.8 Å². The molecule has 0 fully saturated rings. The molecule has 5 nitrogen and oxygen atoms in total. The zero-order chi connectivity index (χ0) is 13.5. The van der Waals surface area contributed by atoms with Crippen LogP contribution in [0.2, 0.25) is 0 Å². The number of nitrogens with one attached hydrogen (secondary N) is 1. The molecule has 0 aromatic heterocycles. The van der Waals surface area contributed by atoms with E-state index in [1.54, 1.807) is 7.05 Å². The fourth-order valence-corrected chi connectivity index (χ4v) is 2.97. The number of benzene rings is 1. The molecule has 3 rings (SSSR count). The number of carbonyl (C=O) groups is 1. The largest absolute Gasteiger partial charge is 0.463 e. The molecule has 1 amide bonds. The maximum absolute atomic E-state index is 11.9. The highest BCUT2D eigenvalue weighted by Gasteiger charge is 2.40. The first kappa shape index (κ1) is 12.0. The molecule has 1 heterocycles. The van der Waals surface area contributed by atoms with Gasteiger partial charge in [-0.25, -0.2) is 4.99 Å². The van der Waals surface area contributed by atoms with E-state index in [0.717, 1.165) is 30.4 Å². The van der Waals surface area contributed by atoms with Crippen molar-refractivity contribution in [3.8, 4) is 0 Å². The molecule has 1 atom stereocenters. The summed E-state index contributed by atoms with van der Waals surface area (Å²) in [5.74, 6) is -0.0292. The Bertz CT molecular complexity index is 568. The van der Waals surface area contributed by atoms with Gasteiger partial charge in [0.2, 0.25) is 0 Å². The number of hydrogen-bond acceptors (Lipinski definition) is 4. The maximum atomic E-state index is 11.9. The number of amidine groups is 1. The Balaban J connectivity index is 1.97. The van der Waals surface area contributed by atoms with Crippen LogP contribution in [-0.2, 0) is 17.6 Å². The number of hydrogen-bond donors (Lipinski definition) is 2. The van der Waals surface area contributed by atoms with Gasteiger partial charge in [-0.2, -0.15) is 0 Å². The molecule has 1 aromatic carbocycles. The van der Waals surface area contributed by atoms with Gasteiger partial charge in [0.15, 0.2) is 0 Å². The second-order valence-corrected chi connectivity index (χ2v) is 5.16. The number of rotatable bonds is 1. The van der Waals surface area contributed by atoms with Crippen molar-refractivity contribution in [2.45, 2.75) is 24.8 Å². The summed E-state index contributed by atoms with van der Waals surface area (Å²) in [4.78, 5) is 16.3. The highest BCUT2D eigenvalue weighted by atomic mass is 16.5. The molecular weight excluding hydrogens is 242 g/mol. The average Bonchev–Trinajstić information content (AvgIpc) is 2.77. The van der Waals surface area contributed by atoms with E-state index in [1.807, 2.05) is 12.1 Å². The molecule has 3 N–H and O–H groups in total. The standard InChI is InChI=1S/C14H17N3O2/c1-16-12(18)11-4-2-3-9-7-14(6-5-10(9)11)8-19-13(15)17-14/h2-4H,5-8H2,1H3,(H2,15,17)(H,16,18). The SMILES string of the molecule is CNC(=O)c1cccc2c1CCC1(COC(N)=N1)C2. The van der Waals surface area contributed by atoms with Crippen molar-refractivity contribution in [1.29, 1.82) is 0 Å². The van der Waals surface area contributed by atoms with Crippen LogP contribution in [0.1, 0.15) is 27.9 Å². The van der Waals surface area contributed by atoms with Gasteiger partial charge in [-0.3, -0.25) is 4.79 Å². The molecule has 1 unspecified atom stereocenters. The molecule has 2 aliphatic rings. The van der Waals surface area contributed by atoms with Crippen molar-refractivity contribution < 1.29 is 9.53 Å². The minimum absolute atomic E-state index is 0.0292. The lowest BCUT2D eigenvalue weighted by Gasteiger charge is -2.31. The van der Waals surface area contributed by atoms with E-state index in [4.69, 9.17) is 10.5 Å². The summed E-state index contributed by atoms with van der Waals surface area (Å²) in [6, 6.07) is 6.14. The first-order chi connectivity index (χ1) is 9.13. The number of nitrogens with two attached hydrogens (primary N) is 1. The minimum Gasteiger partial charge on any atom is -0.463 e. The maximum Gasteiger partial charge on any atom is 0.282 e. The van der Waals surface area contributed by atoms with Crippen LogP contribution in [0.15, 0.2) is 23.2 Å². The molecule has 0 bridgehead atoms. The topological polar surface area (TPSA) is 76.7 Å². The summed E-state index contributed by atoms with van der Waals surface area (Å²) < 4.78 is 5.31. The Morgan fingerprint density at radius 3 is 3.05 bits per heavy atom. The van der Waals surface area contributed by atoms with Crippen LogP contribution < -0.4 is 11.1 Å². The van der Waals surface area contributed by atoms with Crippen LogP contribution in [0.5, 0.6) is 0 Å². The summed E-state index contributed by atoms with van der Waals surface area (Å²) >= 11 is 0. The molecule has 100 valence electrons. The Hall–Kier alpha value is -2.04. The highest BCUT2D eigenvalue weighted by molar-refractivity contribution is 5.96. The summed E-state index contributed by atoms with van der Waals surface area (Å²) in [6.07, 6.45) is 2.49. The molecule has 0 saturated carbocycles. The van der Waals surface area contributed by atoms with Crippen LogP contribution in [0.4, 0.5) is 0 Å². The zero-order valence-corrected chi connectivity index (χ0v) is 10.9. The second kappa shape index (κ2) is 4.26. The molecule has 5 heteroatoms. The van der Waals surface area contributed by atoms with Gasteiger partial charge in [0.05, 0.1) is 0 Å². The molecule has 19 heavy (non-hydrogen) atoms. The Labute approximate surface area is 111 Å². The number of amides is 1.